The Bertz CT molecular complexity index is 985. The van der Waals surface area contributed by atoms with Crippen LogP contribution in [0.2, 0.25) is 0 Å². The lowest BCUT2D eigenvalue weighted by Gasteiger charge is -2.06. The van der Waals surface area contributed by atoms with E-state index in [1.807, 2.05) is 42.6 Å². The molecular formula is C16H12N4S. The van der Waals surface area contributed by atoms with Crippen LogP contribution < -0.4 is 0 Å². The van der Waals surface area contributed by atoms with Crippen molar-refractivity contribution in [2.45, 2.75) is 6.54 Å². The van der Waals surface area contributed by atoms with Gasteiger partial charge in [0.1, 0.15) is 0 Å². The third-order valence-corrected chi connectivity index (χ3v) is 3.87. The van der Waals surface area contributed by atoms with Gasteiger partial charge in [-0.05, 0) is 30.4 Å². The standard InChI is InChI=1S/C16H12N4S/c21-16-19-14-9-18-13-7-2-1-6-12(13)15(14)20(16)10-11-5-3-4-8-17-11/h1-9H,10H2,(H,19,21). The molecule has 0 saturated carbocycles. The number of aromatic amines is 1. The fraction of sp³-hybridized carbons (Fsp3) is 0.0625. The zero-order valence-corrected chi connectivity index (χ0v) is 12.0. The van der Waals surface area contributed by atoms with Gasteiger partial charge in [-0.25, -0.2) is 0 Å². The minimum absolute atomic E-state index is 0.647. The van der Waals surface area contributed by atoms with Gasteiger partial charge in [0, 0.05) is 11.6 Å². The fourth-order valence-electron chi connectivity index (χ4n) is 2.60. The second kappa shape index (κ2) is 4.79. The molecule has 0 aliphatic rings. The van der Waals surface area contributed by atoms with Gasteiger partial charge in [-0.15, -0.1) is 0 Å². The highest BCUT2D eigenvalue weighted by atomic mass is 32.1. The number of nitrogens with one attached hydrogen (secondary N) is 1. The van der Waals surface area contributed by atoms with E-state index in [0.29, 0.717) is 11.3 Å². The van der Waals surface area contributed by atoms with Crippen LogP contribution in [0.5, 0.6) is 0 Å². The molecule has 0 aliphatic carbocycles. The van der Waals surface area contributed by atoms with Crippen LogP contribution in [0.4, 0.5) is 0 Å². The van der Waals surface area contributed by atoms with Gasteiger partial charge in [0.25, 0.3) is 0 Å². The molecule has 5 heteroatoms. The first-order valence-corrected chi connectivity index (χ1v) is 7.10. The molecule has 21 heavy (non-hydrogen) atoms. The summed E-state index contributed by atoms with van der Waals surface area (Å²) in [6.07, 6.45) is 3.63. The average molecular weight is 292 g/mol. The van der Waals surface area contributed by atoms with Crippen molar-refractivity contribution in [1.29, 1.82) is 0 Å². The zero-order chi connectivity index (χ0) is 14.2. The summed E-state index contributed by atoms with van der Waals surface area (Å²) in [7, 11) is 0. The van der Waals surface area contributed by atoms with Crippen LogP contribution in [-0.4, -0.2) is 19.5 Å². The first kappa shape index (κ1) is 12.2. The molecule has 0 aliphatic heterocycles. The summed E-state index contributed by atoms with van der Waals surface area (Å²) >= 11 is 5.47. The Morgan fingerprint density at radius 2 is 1.90 bits per heavy atom. The van der Waals surface area contributed by atoms with Gasteiger partial charge >= 0.3 is 0 Å². The van der Waals surface area contributed by atoms with Gasteiger partial charge < -0.3 is 9.55 Å². The van der Waals surface area contributed by atoms with Crippen molar-refractivity contribution >= 4 is 34.2 Å². The highest BCUT2D eigenvalue weighted by Gasteiger charge is 2.10. The first-order chi connectivity index (χ1) is 10.3. The van der Waals surface area contributed by atoms with Crippen molar-refractivity contribution in [3.8, 4) is 0 Å². The van der Waals surface area contributed by atoms with E-state index in [0.717, 1.165) is 27.6 Å². The number of aromatic nitrogens is 4. The van der Waals surface area contributed by atoms with Gasteiger partial charge in [0.15, 0.2) is 4.77 Å². The van der Waals surface area contributed by atoms with Crippen LogP contribution >= 0.6 is 12.2 Å². The minimum atomic E-state index is 0.647. The molecular weight excluding hydrogens is 280 g/mol. The Hall–Kier alpha value is -2.53. The SMILES string of the molecule is S=c1[nH]c2cnc3ccccc3c2n1Cc1ccccn1. The molecule has 102 valence electrons. The third kappa shape index (κ3) is 2.02. The second-order valence-corrected chi connectivity index (χ2v) is 5.26. The van der Waals surface area contributed by atoms with Crippen LogP contribution in [0.3, 0.4) is 0 Å². The maximum absolute atomic E-state index is 5.47. The van der Waals surface area contributed by atoms with Crippen molar-refractivity contribution in [1.82, 2.24) is 19.5 Å². The molecule has 3 aromatic heterocycles. The van der Waals surface area contributed by atoms with Crippen molar-refractivity contribution in [2.75, 3.05) is 0 Å². The highest BCUT2D eigenvalue weighted by Crippen LogP contribution is 2.23. The highest BCUT2D eigenvalue weighted by molar-refractivity contribution is 7.71. The molecule has 0 fully saturated rings. The number of hydrogen-bond acceptors (Lipinski definition) is 3. The summed E-state index contributed by atoms with van der Waals surface area (Å²) in [4.78, 5) is 12.1. The van der Waals surface area contributed by atoms with E-state index < -0.39 is 0 Å². The summed E-state index contributed by atoms with van der Waals surface area (Å²) in [6, 6.07) is 14.0. The van der Waals surface area contributed by atoms with E-state index in [-0.39, 0.29) is 0 Å². The molecule has 0 atom stereocenters. The van der Waals surface area contributed by atoms with Crippen molar-refractivity contribution in [3.63, 3.8) is 0 Å². The van der Waals surface area contributed by atoms with Crippen LogP contribution in [0.15, 0.2) is 54.9 Å². The summed E-state index contributed by atoms with van der Waals surface area (Å²) in [5, 5.41) is 1.10. The lowest BCUT2D eigenvalue weighted by molar-refractivity contribution is 0.787. The van der Waals surface area contributed by atoms with Crippen LogP contribution in [0.25, 0.3) is 21.9 Å². The summed E-state index contributed by atoms with van der Waals surface area (Å²) in [5.41, 5.74) is 3.98. The number of pyridine rings is 2. The molecule has 1 N–H and O–H groups in total. The number of H-pyrrole nitrogens is 1. The predicted molar refractivity (Wildman–Crippen MR) is 85.8 cm³/mol. The topological polar surface area (TPSA) is 46.5 Å². The number of hydrogen-bond donors (Lipinski definition) is 1. The van der Waals surface area contributed by atoms with E-state index in [1.165, 1.54) is 0 Å². The van der Waals surface area contributed by atoms with E-state index >= 15 is 0 Å². The predicted octanol–water partition coefficient (Wildman–Crippen LogP) is 3.69. The van der Waals surface area contributed by atoms with Crippen LogP contribution in [0, 0.1) is 4.77 Å². The molecule has 3 heterocycles. The lowest BCUT2D eigenvalue weighted by Crippen LogP contribution is -2.01. The maximum Gasteiger partial charge on any atom is 0.178 e. The smallest absolute Gasteiger partial charge is 0.178 e. The Morgan fingerprint density at radius 1 is 1.05 bits per heavy atom. The summed E-state index contributed by atoms with van der Waals surface area (Å²) < 4.78 is 2.77. The molecule has 0 amide bonds. The quantitative estimate of drug-likeness (QED) is 0.573. The zero-order valence-electron chi connectivity index (χ0n) is 11.2. The number of nitrogens with zero attached hydrogens (tertiary/aromatic N) is 3. The summed E-state index contributed by atoms with van der Waals surface area (Å²) in [6.45, 7) is 0.647. The van der Waals surface area contributed by atoms with E-state index in [9.17, 15) is 0 Å². The number of benzene rings is 1. The molecule has 0 bridgehead atoms. The van der Waals surface area contributed by atoms with Crippen LogP contribution in [-0.2, 0) is 6.54 Å². The number of para-hydroxylation sites is 1. The van der Waals surface area contributed by atoms with E-state index in [1.54, 1.807) is 6.20 Å². The Balaban J connectivity index is 2.01. The van der Waals surface area contributed by atoms with E-state index in [4.69, 9.17) is 12.2 Å². The second-order valence-electron chi connectivity index (χ2n) is 4.88. The van der Waals surface area contributed by atoms with Gasteiger partial charge in [0.2, 0.25) is 0 Å². The molecule has 0 unspecified atom stereocenters. The van der Waals surface area contributed by atoms with Crippen LogP contribution in [0.1, 0.15) is 5.69 Å². The Morgan fingerprint density at radius 3 is 2.76 bits per heavy atom. The normalized spacial score (nSPS) is 11.2. The third-order valence-electron chi connectivity index (χ3n) is 3.55. The first-order valence-electron chi connectivity index (χ1n) is 6.69. The molecule has 1 aromatic carbocycles. The van der Waals surface area contributed by atoms with Gasteiger partial charge in [-0.3, -0.25) is 9.97 Å². The number of rotatable bonds is 2. The van der Waals surface area contributed by atoms with E-state index in [2.05, 4.69) is 25.6 Å². The molecule has 4 aromatic rings. The van der Waals surface area contributed by atoms with Gasteiger partial charge in [0.05, 0.1) is 35.0 Å². The molecule has 4 rings (SSSR count). The maximum atomic E-state index is 5.47. The van der Waals surface area contributed by atoms with Gasteiger partial charge in [-0.1, -0.05) is 24.3 Å². The Kier molecular flexibility index (Phi) is 2.79. The molecule has 0 saturated heterocycles. The molecule has 0 spiro atoms. The monoisotopic (exact) mass is 292 g/mol. The van der Waals surface area contributed by atoms with Gasteiger partial charge in [-0.2, -0.15) is 0 Å². The average Bonchev–Trinajstić information content (AvgIpc) is 2.85. The minimum Gasteiger partial charge on any atom is -0.329 e. The van der Waals surface area contributed by atoms with Crippen molar-refractivity contribution in [2.24, 2.45) is 0 Å². The molecule has 4 nitrogen and oxygen atoms in total. The number of imidazole rings is 1. The number of fused-ring (bicyclic) bond motifs is 3. The lowest BCUT2D eigenvalue weighted by atomic mass is 10.2. The molecule has 0 radical (unpaired) electrons. The Labute approximate surface area is 126 Å². The fourth-order valence-corrected chi connectivity index (χ4v) is 2.86. The van der Waals surface area contributed by atoms with Crippen molar-refractivity contribution in [3.05, 3.63) is 65.3 Å². The largest absolute Gasteiger partial charge is 0.329 e. The summed E-state index contributed by atoms with van der Waals surface area (Å²) in [5.74, 6) is 0. The van der Waals surface area contributed by atoms with Crippen molar-refractivity contribution < 1.29 is 0 Å².